The Kier molecular flexibility index (Phi) is 5.75. The molecule has 3 N–H and O–H groups in total. The van der Waals surface area contributed by atoms with Crippen LogP contribution < -0.4 is 20.2 Å². The van der Waals surface area contributed by atoms with Gasteiger partial charge in [-0.15, -0.1) is 0 Å². The van der Waals surface area contributed by atoms with E-state index in [9.17, 15) is 0 Å². The zero-order valence-corrected chi connectivity index (χ0v) is 16.6. The van der Waals surface area contributed by atoms with E-state index in [1.54, 1.807) is 32.6 Å². The Labute approximate surface area is 164 Å². The zero-order chi connectivity index (χ0) is 18.5. The van der Waals surface area contributed by atoms with Gasteiger partial charge in [0.05, 0.1) is 20.4 Å². The van der Waals surface area contributed by atoms with Crippen molar-refractivity contribution in [3.63, 3.8) is 0 Å². The summed E-state index contributed by atoms with van der Waals surface area (Å²) in [5.74, 6) is 1.27. The van der Waals surface area contributed by atoms with E-state index in [0.29, 0.717) is 16.6 Å². The molecule has 0 saturated carbocycles. The van der Waals surface area contributed by atoms with Crippen molar-refractivity contribution in [3.8, 4) is 11.5 Å². The second-order valence-electron chi connectivity index (χ2n) is 5.33. The molecule has 26 heavy (non-hydrogen) atoms. The van der Waals surface area contributed by atoms with Crippen LogP contribution in [0.25, 0.3) is 10.9 Å². The lowest BCUT2D eigenvalue weighted by atomic mass is 10.2. The molecule has 1 aromatic heterocycles. The number of hydrogen-bond acceptors (Lipinski definition) is 4. The highest BCUT2D eigenvalue weighted by Gasteiger charge is 2.05. The van der Waals surface area contributed by atoms with Gasteiger partial charge in [0.2, 0.25) is 0 Å². The molecule has 0 radical (unpaired) electrons. The van der Waals surface area contributed by atoms with Crippen LogP contribution in [0.1, 0.15) is 5.56 Å². The monoisotopic (exact) mass is 432 g/mol. The standard InChI is InChI=1S/C18H17BrN4O2S/c1-24-16-6-4-13(8-17(16)25-2)22-18(26)23-21-10-11-9-20-15-5-3-12(19)7-14(11)15/h3-10,20H,1-2H3,(H2,22,23,26). The first-order valence-corrected chi connectivity index (χ1v) is 8.89. The predicted molar refractivity (Wildman–Crippen MR) is 112 cm³/mol. The number of aromatic nitrogens is 1. The number of nitrogens with zero attached hydrogens (tertiary/aromatic N) is 1. The van der Waals surface area contributed by atoms with Crippen molar-refractivity contribution in [2.45, 2.75) is 0 Å². The molecule has 0 bridgehead atoms. The van der Waals surface area contributed by atoms with Gasteiger partial charge in [-0.25, -0.2) is 0 Å². The van der Waals surface area contributed by atoms with Crippen LogP contribution in [0.2, 0.25) is 0 Å². The number of rotatable bonds is 5. The van der Waals surface area contributed by atoms with Gasteiger partial charge < -0.3 is 19.8 Å². The van der Waals surface area contributed by atoms with Gasteiger partial charge in [0.15, 0.2) is 16.6 Å². The van der Waals surface area contributed by atoms with Crippen molar-refractivity contribution in [1.29, 1.82) is 0 Å². The third kappa shape index (κ3) is 4.14. The van der Waals surface area contributed by atoms with E-state index in [-0.39, 0.29) is 0 Å². The molecule has 134 valence electrons. The second kappa shape index (κ2) is 8.20. The number of thiocarbonyl (C=S) groups is 1. The zero-order valence-electron chi connectivity index (χ0n) is 14.2. The Bertz CT molecular complexity index is 971. The minimum Gasteiger partial charge on any atom is -0.493 e. The number of hydrazone groups is 1. The highest BCUT2D eigenvalue weighted by Crippen LogP contribution is 2.29. The average molecular weight is 433 g/mol. The Morgan fingerprint density at radius 3 is 2.73 bits per heavy atom. The molecule has 3 aromatic rings. The van der Waals surface area contributed by atoms with E-state index in [0.717, 1.165) is 26.6 Å². The fourth-order valence-corrected chi connectivity index (χ4v) is 2.99. The number of aromatic amines is 1. The van der Waals surface area contributed by atoms with Gasteiger partial charge in [0.25, 0.3) is 0 Å². The summed E-state index contributed by atoms with van der Waals surface area (Å²) in [5.41, 5.74) is 5.58. The van der Waals surface area contributed by atoms with Crippen LogP contribution in [0, 0.1) is 0 Å². The minimum absolute atomic E-state index is 0.370. The van der Waals surface area contributed by atoms with Gasteiger partial charge in [-0.3, -0.25) is 5.43 Å². The molecular formula is C18H17BrN4O2S. The van der Waals surface area contributed by atoms with Crippen LogP contribution in [0.3, 0.4) is 0 Å². The molecule has 0 saturated heterocycles. The lowest BCUT2D eigenvalue weighted by Crippen LogP contribution is -2.23. The fourth-order valence-electron chi connectivity index (χ4n) is 2.45. The Morgan fingerprint density at radius 1 is 1.15 bits per heavy atom. The van der Waals surface area contributed by atoms with Gasteiger partial charge >= 0.3 is 0 Å². The maximum absolute atomic E-state index is 5.27. The highest BCUT2D eigenvalue weighted by molar-refractivity contribution is 9.10. The highest BCUT2D eigenvalue weighted by atomic mass is 79.9. The molecule has 2 aromatic carbocycles. The molecule has 0 atom stereocenters. The quantitative estimate of drug-likeness (QED) is 0.319. The lowest BCUT2D eigenvalue weighted by Gasteiger charge is -2.11. The summed E-state index contributed by atoms with van der Waals surface area (Å²) < 4.78 is 11.5. The summed E-state index contributed by atoms with van der Waals surface area (Å²) in [6.45, 7) is 0. The summed E-state index contributed by atoms with van der Waals surface area (Å²) >= 11 is 8.74. The van der Waals surface area contributed by atoms with Crippen molar-refractivity contribution in [3.05, 3.63) is 52.6 Å². The first kappa shape index (κ1) is 18.2. The summed E-state index contributed by atoms with van der Waals surface area (Å²) in [5, 5.41) is 8.69. The number of methoxy groups -OCH3 is 2. The SMILES string of the molecule is COc1ccc(NC(=S)NN=Cc2c[nH]c3ccc(Br)cc23)cc1OC. The van der Waals surface area contributed by atoms with E-state index < -0.39 is 0 Å². The molecular weight excluding hydrogens is 416 g/mol. The van der Waals surface area contributed by atoms with Gasteiger partial charge in [-0.2, -0.15) is 5.10 Å². The van der Waals surface area contributed by atoms with Crippen molar-refractivity contribution in [2.75, 3.05) is 19.5 Å². The van der Waals surface area contributed by atoms with Crippen LogP contribution in [0.4, 0.5) is 5.69 Å². The first-order chi connectivity index (χ1) is 12.6. The summed E-state index contributed by atoms with van der Waals surface area (Å²) in [4.78, 5) is 3.20. The smallest absolute Gasteiger partial charge is 0.191 e. The van der Waals surface area contributed by atoms with Crippen LogP contribution in [0.5, 0.6) is 11.5 Å². The molecule has 3 rings (SSSR count). The molecule has 0 amide bonds. The Hall–Kier alpha value is -2.58. The molecule has 0 aliphatic rings. The topological polar surface area (TPSA) is 70.7 Å². The summed E-state index contributed by atoms with van der Waals surface area (Å²) in [6.07, 6.45) is 3.61. The first-order valence-electron chi connectivity index (χ1n) is 7.69. The van der Waals surface area contributed by atoms with Crippen molar-refractivity contribution in [1.82, 2.24) is 10.4 Å². The summed E-state index contributed by atoms with van der Waals surface area (Å²) in [7, 11) is 3.18. The largest absolute Gasteiger partial charge is 0.493 e. The molecule has 0 unspecified atom stereocenters. The van der Waals surface area contributed by atoms with Crippen LogP contribution in [-0.2, 0) is 0 Å². The van der Waals surface area contributed by atoms with E-state index in [4.69, 9.17) is 21.7 Å². The Balaban J connectivity index is 1.65. The van der Waals surface area contributed by atoms with Crippen molar-refractivity contribution in [2.24, 2.45) is 5.10 Å². The minimum atomic E-state index is 0.370. The number of benzene rings is 2. The number of H-pyrrole nitrogens is 1. The maximum Gasteiger partial charge on any atom is 0.191 e. The van der Waals surface area contributed by atoms with Crippen molar-refractivity contribution < 1.29 is 9.47 Å². The molecule has 6 nitrogen and oxygen atoms in total. The predicted octanol–water partition coefficient (Wildman–Crippen LogP) is 4.27. The fraction of sp³-hybridized carbons (Fsp3) is 0.111. The van der Waals surface area contributed by atoms with Crippen LogP contribution in [-0.4, -0.2) is 30.5 Å². The number of nitrogens with one attached hydrogen (secondary N) is 3. The third-order valence-electron chi connectivity index (χ3n) is 3.69. The second-order valence-corrected chi connectivity index (χ2v) is 6.65. The number of hydrogen-bond donors (Lipinski definition) is 3. The van der Waals surface area contributed by atoms with Crippen molar-refractivity contribution >= 4 is 56.1 Å². The molecule has 0 aliphatic carbocycles. The van der Waals surface area contributed by atoms with Gasteiger partial charge in [0, 0.05) is 38.9 Å². The van der Waals surface area contributed by atoms with E-state index in [1.807, 2.05) is 30.5 Å². The number of halogens is 1. The molecule has 0 spiro atoms. The number of fused-ring (bicyclic) bond motifs is 1. The normalized spacial score (nSPS) is 10.9. The molecule has 1 heterocycles. The van der Waals surface area contributed by atoms with E-state index in [2.05, 4.69) is 36.8 Å². The molecule has 0 aliphatic heterocycles. The summed E-state index contributed by atoms with van der Waals surface area (Å²) in [6, 6.07) is 11.5. The molecule has 0 fully saturated rings. The third-order valence-corrected chi connectivity index (χ3v) is 4.37. The maximum atomic E-state index is 5.27. The number of ether oxygens (including phenoxy) is 2. The van der Waals surface area contributed by atoms with E-state index >= 15 is 0 Å². The van der Waals surface area contributed by atoms with Gasteiger partial charge in [-0.05, 0) is 42.5 Å². The van der Waals surface area contributed by atoms with E-state index in [1.165, 1.54) is 0 Å². The lowest BCUT2D eigenvalue weighted by molar-refractivity contribution is 0.355. The van der Waals surface area contributed by atoms with Crippen LogP contribution >= 0.6 is 28.1 Å². The average Bonchev–Trinajstić information content (AvgIpc) is 3.03. The Morgan fingerprint density at radius 2 is 1.96 bits per heavy atom. The molecule has 8 heteroatoms. The van der Waals surface area contributed by atoms with Gasteiger partial charge in [-0.1, -0.05) is 15.9 Å². The van der Waals surface area contributed by atoms with Gasteiger partial charge in [0.1, 0.15) is 0 Å². The number of anilines is 1. The van der Waals surface area contributed by atoms with Crippen LogP contribution in [0.15, 0.2) is 52.2 Å².